The molecule has 7 heteroatoms. The molecule has 1 heterocycles. The highest BCUT2D eigenvalue weighted by atomic mass is 35.5. The molecule has 0 amide bonds. The van der Waals surface area contributed by atoms with Crippen molar-refractivity contribution in [3.8, 4) is 0 Å². The Hall–Kier alpha value is -1.59. The van der Waals surface area contributed by atoms with Crippen molar-refractivity contribution in [1.29, 1.82) is 0 Å². The van der Waals surface area contributed by atoms with Crippen molar-refractivity contribution in [3.63, 3.8) is 0 Å². The summed E-state index contributed by atoms with van der Waals surface area (Å²) >= 11 is 11.9. The lowest BCUT2D eigenvalue weighted by Gasteiger charge is -2.08. The lowest BCUT2D eigenvalue weighted by Crippen LogP contribution is -2.06. The maximum absolute atomic E-state index is 5.95. The van der Waals surface area contributed by atoms with Gasteiger partial charge in [-0.25, -0.2) is 0 Å². The van der Waals surface area contributed by atoms with Crippen LogP contribution in [0.2, 0.25) is 10.0 Å². The number of nitrogens with one attached hydrogen (secondary N) is 2. The van der Waals surface area contributed by atoms with Gasteiger partial charge in [-0.3, -0.25) is 0 Å². The molecular formula is C14H17Cl2N5. The topological polar surface area (TPSA) is 62.7 Å². The predicted molar refractivity (Wildman–Crippen MR) is 87.6 cm³/mol. The third-order valence-electron chi connectivity index (χ3n) is 2.76. The Balaban J connectivity index is 2.00. The second-order valence-electron chi connectivity index (χ2n) is 4.58. The molecule has 2 N–H and O–H groups in total. The Morgan fingerprint density at radius 3 is 2.57 bits per heavy atom. The number of halogens is 2. The summed E-state index contributed by atoms with van der Waals surface area (Å²) < 4.78 is 0. The molecule has 0 aliphatic heterocycles. The van der Waals surface area contributed by atoms with Crippen LogP contribution in [0.15, 0.2) is 24.4 Å². The highest BCUT2D eigenvalue weighted by molar-refractivity contribution is 6.35. The van der Waals surface area contributed by atoms with Crippen molar-refractivity contribution in [1.82, 2.24) is 15.2 Å². The van der Waals surface area contributed by atoms with Crippen molar-refractivity contribution in [3.05, 3.63) is 34.4 Å². The van der Waals surface area contributed by atoms with Gasteiger partial charge in [0.05, 0.1) is 6.20 Å². The molecule has 0 saturated heterocycles. The molecule has 21 heavy (non-hydrogen) atoms. The molecule has 0 aliphatic carbocycles. The van der Waals surface area contributed by atoms with Crippen LogP contribution in [-0.2, 0) is 0 Å². The quantitative estimate of drug-likeness (QED) is 0.732. The predicted octanol–water partition coefficient (Wildman–Crippen LogP) is 4.52. The van der Waals surface area contributed by atoms with Gasteiger partial charge in [0.15, 0.2) is 5.82 Å². The van der Waals surface area contributed by atoms with Crippen LogP contribution in [0, 0.1) is 0 Å². The van der Waals surface area contributed by atoms with Gasteiger partial charge in [-0.1, -0.05) is 43.0 Å². The van der Waals surface area contributed by atoms with Crippen LogP contribution in [-0.4, -0.2) is 21.7 Å². The number of rotatable bonds is 7. The number of nitrogens with zero attached hydrogens (tertiary/aromatic N) is 3. The van der Waals surface area contributed by atoms with Crippen LogP contribution in [0.5, 0.6) is 0 Å². The van der Waals surface area contributed by atoms with Gasteiger partial charge < -0.3 is 10.6 Å². The van der Waals surface area contributed by atoms with Gasteiger partial charge in [-0.15, -0.1) is 5.10 Å². The van der Waals surface area contributed by atoms with E-state index in [1.807, 2.05) is 0 Å². The van der Waals surface area contributed by atoms with Gasteiger partial charge in [-0.2, -0.15) is 10.1 Å². The summed E-state index contributed by atoms with van der Waals surface area (Å²) in [7, 11) is 0. The maximum Gasteiger partial charge on any atom is 0.249 e. The van der Waals surface area contributed by atoms with Crippen molar-refractivity contribution in [2.24, 2.45) is 0 Å². The fourth-order valence-electron chi connectivity index (χ4n) is 1.79. The Labute approximate surface area is 134 Å². The molecule has 1 aromatic heterocycles. The fourth-order valence-corrected chi connectivity index (χ4v) is 2.31. The molecule has 0 spiro atoms. The average Bonchev–Trinajstić information content (AvgIpc) is 2.43. The van der Waals surface area contributed by atoms with Crippen molar-refractivity contribution < 1.29 is 0 Å². The number of hydrogen-bond donors (Lipinski definition) is 2. The van der Waals surface area contributed by atoms with E-state index in [1.165, 1.54) is 12.8 Å². The second kappa shape index (κ2) is 8.00. The molecule has 5 nitrogen and oxygen atoms in total. The highest BCUT2D eigenvalue weighted by Gasteiger charge is 2.03. The van der Waals surface area contributed by atoms with Gasteiger partial charge in [0.1, 0.15) is 0 Å². The van der Waals surface area contributed by atoms with Crippen LogP contribution >= 0.6 is 23.2 Å². The van der Waals surface area contributed by atoms with E-state index in [4.69, 9.17) is 23.2 Å². The Morgan fingerprint density at radius 1 is 1.10 bits per heavy atom. The van der Waals surface area contributed by atoms with E-state index in [0.717, 1.165) is 18.7 Å². The summed E-state index contributed by atoms with van der Waals surface area (Å²) in [5.74, 6) is 1.09. The largest absolute Gasteiger partial charge is 0.369 e. The molecule has 0 atom stereocenters. The fraction of sp³-hybridized carbons (Fsp3) is 0.357. The Bertz CT molecular complexity index is 571. The summed E-state index contributed by atoms with van der Waals surface area (Å²) in [5.41, 5.74) is 0.720. The molecule has 0 fully saturated rings. The van der Waals surface area contributed by atoms with Crippen molar-refractivity contribution in [2.75, 3.05) is 17.2 Å². The molecule has 0 radical (unpaired) electrons. The third kappa shape index (κ3) is 5.36. The summed E-state index contributed by atoms with van der Waals surface area (Å²) in [6, 6.07) is 5.16. The summed E-state index contributed by atoms with van der Waals surface area (Å²) in [4.78, 5) is 4.34. The van der Waals surface area contributed by atoms with E-state index < -0.39 is 0 Å². The molecular weight excluding hydrogens is 309 g/mol. The van der Waals surface area contributed by atoms with Gasteiger partial charge in [0.2, 0.25) is 5.95 Å². The smallest absolute Gasteiger partial charge is 0.249 e. The minimum Gasteiger partial charge on any atom is -0.369 e. The van der Waals surface area contributed by atoms with Crippen LogP contribution in [0.4, 0.5) is 17.5 Å². The lowest BCUT2D eigenvalue weighted by molar-refractivity contribution is 0.741. The van der Waals surface area contributed by atoms with Crippen LogP contribution < -0.4 is 10.6 Å². The molecule has 2 aromatic rings. The third-order valence-corrected chi connectivity index (χ3v) is 3.20. The molecule has 112 valence electrons. The van der Waals surface area contributed by atoms with E-state index >= 15 is 0 Å². The molecule has 0 bridgehead atoms. The number of anilines is 3. The monoisotopic (exact) mass is 325 g/mol. The first-order chi connectivity index (χ1) is 10.2. The van der Waals surface area contributed by atoms with Crippen molar-refractivity contribution >= 4 is 40.7 Å². The first-order valence-corrected chi connectivity index (χ1v) is 7.59. The van der Waals surface area contributed by atoms with E-state index in [9.17, 15) is 0 Å². The lowest BCUT2D eigenvalue weighted by atomic mass is 10.2. The summed E-state index contributed by atoms with van der Waals surface area (Å²) in [6.07, 6.45) is 5.08. The molecule has 0 saturated carbocycles. The van der Waals surface area contributed by atoms with Crippen LogP contribution in [0.25, 0.3) is 0 Å². The number of benzene rings is 1. The first kappa shape index (κ1) is 15.8. The zero-order chi connectivity index (χ0) is 15.1. The Morgan fingerprint density at radius 2 is 1.86 bits per heavy atom. The summed E-state index contributed by atoms with van der Waals surface area (Å²) in [6.45, 7) is 3.04. The highest BCUT2D eigenvalue weighted by Crippen LogP contribution is 2.24. The SMILES string of the molecule is CCCCCNc1cnnc(Nc2cc(Cl)cc(Cl)c2)n1. The number of hydrogen-bond acceptors (Lipinski definition) is 5. The minimum absolute atomic E-state index is 0.397. The average molecular weight is 326 g/mol. The van der Waals surface area contributed by atoms with Gasteiger partial charge in [0, 0.05) is 22.3 Å². The van der Waals surface area contributed by atoms with Gasteiger partial charge in [0.25, 0.3) is 0 Å². The van der Waals surface area contributed by atoms with E-state index in [1.54, 1.807) is 24.4 Å². The first-order valence-electron chi connectivity index (χ1n) is 6.84. The van der Waals surface area contributed by atoms with E-state index in [-0.39, 0.29) is 0 Å². The minimum atomic E-state index is 0.397. The number of unbranched alkanes of at least 4 members (excludes halogenated alkanes) is 2. The van der Waals surface area contributed by atoms with E-state index in [0.29, 0.717) is 21.8 Å². The van der Waals surface area contributed by atoms with Crippen molar-refractivity contribution in [2.45, 2.75) is 26.2 Å². The van der Waals surface area contributed by atoms with E-state index in [2.05, 4.69) is 32.7 Å². The second-order valence-corrected chi connectivity index (χ2v) is 5.46. The Kier molecular flexibility index (Phi) is 6.02. The normalized spacial score (nSPS) is 10.4. The standard InChI is InChI=1S/C14H17Cl2N5/c1-2-3-4-5-17-13-9-18-21-14(20-13)19-12-7-10(15)6-11(16)8-12/h6-9H,2-5H2,1H3,(H2,17,19,20,21). The van der Waals surface area contributed by atoms with Crippen LogP contribution in [0.3, 0.4) is 0 Å². The molecule has 2 rings (SSSR count). The van der Waals surface area contributed by atoms with Gasteiger partial charge in [-0.05, 0) is 24.6 Å². The summed E-state index contributed by atoms with van der Waals surface area (Å²) in [5, 5.41) is 15.2. The van der Waals surface area contributed by atoms with Crippen LogP contribution in [0.1, 0.15) is 26.2 Å². The molecule has 1 aromatic carbocycles. The zero-order valence-electron chi connectivity index (χ0n) is 11.7. The van der Waals surface area contributed by atoms with Gasteiger partial charge >= 0.3 is 0 Å². The maximum atomic E-state index is 5.95. The molecule has 0 unspecified atom stereocenters. The zero-order valence-corrected chi connectivity index (χ0v) is 13.2. The number of aromatic nitrogens is 3. The molecule has 0 aliphatic rings.